The Morgan fingerprint density at radius 1 is 1.00 bits per heavy atom. The molecule has 31 heavy (non-hydrogen) atoms. The van der Waals surface area contributed by atoms with Crippen molar-refractivity contribution in [2.24, 2.45) is 5.92 Å². The first-order valence-electron chi connectivity index (χ1n) is 10.2. The maximum atomic E-state index is 11.4. The zero-order chi connectivity index (χ0) is 22.4. The fraction of sp³-hybridized carbons (Fsp3) is 0.292. The third-order valence-corrected chi connectivity index (χ3v) is 5.93. The molecule has 0 spiro atoms. The molecular weight excluding hydrogens is 414 g/mol. The Bertz CT molecular complexity index is 1080. The average Bonchev–Trinajstić information content (AvgIpc) is 2.76. The second kappa shape index (κ2) is 10.0. The van der Waals surface area contributed by atoms with E-state index in [0.717, 1.165) is 11.1 Å². The summed E-state index contributed by atoms with van der Waals surface area (Å²) in [5.41, 5.74) is 2.52. The second-order valence-electron chi connectivity index (χ2n) is 7.82. The number of nitrogens with zero attached hydrogens (tertiary/aromatic N) is 1. The molecule has 0 aliphatic heterocycles. The summed E-state index contributed by atoms with van der Waals surface area (Å²) < 4.78 is 38.1. The van der Waals surface area contributed by atoms with Crippen molar-refractivity contribution < 1.29 is 22.8 Å². The molecule has 2 aromatic carbocycles. The fourth-order valence-corrected chi connectivity index (χ4v) is 3.93. The van der Waals surface area contributed by atoms with Crippen LogP contribution in [0.3, 0.4) is 0 Å². The summed E-state index contributed by atoms with van der Waals surface area (Å²) in [6.07, 6.45) is 3.80. The molecule has 1 aromatic heterocycles. The summed E-state index contributed by atoms with van der Waals surface area (Å²) >= 11 is 0. The standard InChI is InChI=1S/C24H27NO5S/c1-17(2)24(23(26)13-8-18-5-4-14-25-16-18)30-21-11-9-19(10-12-21)20-6-3-7-22(15-20)31(27,28)29/h3-7,9-12,14-17,23-24,26H,8,13H2,1-2H3,(H,27,28,29). The second-order valence-corrected chi connectivity index (χ2v) is 9.24. The van der Waals surface area contributed by atoms with Gasteiger partial charge in [-0.25, -0.2) is 0 Å². The highest BCUT2D eigenvalue weighted by Gasteiger charge is 2.24. The third kappa shape index (κ3) is 6.37. The summed E-state index contributed by atoms with van der Waals surface area (Å²) in [7, 11) is -4.26. The van der Waals surface area contributed by atoms with E-state index >= 15 is 0 Å². The van der Waals surface area contributed by atoms with E-state index in [4.69, 9.17) is 4.74 Å². The molecule has 6 nitrogen and oxygen atoms in total. The zero-order valence-electron chi connectivity index (χ0n) is 17.5. The van der Waals surface area contributed by atoms with Gasteiger partial charge < -0.3 is 9.84 Å². The minimum Gasteiger partial charge on any atom is -0.487 e. The lowest BCUT2D eigenvalue weighted by Gasteiger charge is -2.27. The van der Waals surface area contributed by atoms with Crippen LogP contribution in [0.15, 0.2) is 78.0 Å². The van der Waals surface area contributed by atoms with Crippen molar-refractivity contribution in [1.29, 1.82) is 0 Å². The number of pyridine rings is 1. The Labute approximate surface area is 183 Å². The van der Waals surface area contributed by atoms with E-state index in [1.54, 1.807) is 36.7 Å². The third-order valence-electron chi connectivity index (χ3n) is 5.08. The number of hydrogen-bond donors (Lipinski definition) is 2. The molecule has 0 aliphatic carbocycles. The van der Waals surface area contributed by atoms with Gasteiger partial charge in [-0.3, -0.25) is 9.54 Å². The van der Waals surface area contributed by atoms with E-state index in [1.807, 2.05) is 38.1 Å². The van der Waals surface area contributed by atoms with E-state index in [2.05, 4.69) is 4.98 Å². The normalized spacial score (nSPS) is 13.7. The summed E-state index contributed by atoms with van der Waals surface area (Å²) in [5, 5.41) is 10.7. The van der Waals surface area contributed by atoms with E-state index < -0.39 is 16.2 Å². The van der Waals surface area contributed by atoms with Crippen molar-refractivity contribution in [2.75, 3.05) is 0 Å². The lowest BCUT2D eigenvalue weighted by atomic mass is 9.96. The molecular formula is C24H27NO5S. The highest BCUT2D eigenvalue weighted by atomic mass is 32.2. The summed E-state index contributed by atoms with van der Waals surface area (Å²) in [5.74, 6) is 0.726. The lowest BCUT2D eigenvalue weighted by Crippen LogP contribution is -2.36. The van der Waals surface area contributed by atoms with Gasteiger partial charge in [0.2, 0.25) is 0 Å². The van der Waals surface area contributed by atoms with Crippen molar-refractivity contribution in [2.45, 2.75) is 43.8 Å². The van der Waals surface area contributed by atoms with Gasteiger partial charge in [0.05, 0.1) is 11.0 Å². The molecule has 1 heterocycles. The van der Waals surface area contributed by atoms with Gasteiger partial charge in [0, 0.05) is 12.4 Å². The van der Waals surface area contributed by atoms with Gasteiger partial charge in [0.1, 0.15) is 11.9 Å². The van der Waals surface area contributed by atoms with Crippen molar-refractivity contribution in [3.63, 3.8) is 0 Å². The van der Waals surface area contributed by atoms with E-state index in [0.29, 0.717) is 24.2 Å². The van der Waals surface area contributed by atoms with Crippen LogP contribution in [0, 0.1) is 5.92 Å². The first-order chi connectivity index (χ1) is 14.7. The van der Waals surface area contributed by atoms with Crippen molar-refractivity contribution in [3.8, 4) is 16.9 Å². The molecule has 0 saturated heterocycles. The van der Waals surface area contributed by atoms with Crippen molar-refractivity contribution in [3.05, 3.63) is 78.6 Å². The van der Waals surface area contributed by atoms with Crippen molar-refractivity contribution in [1.82, 2.24) is 4.98 Å². The minimum absolute atomic E-state index is 0.106. The van der Waals surface area contributed by atoms with Crippen LogP contribution < -0.4 is 4.74 Å². The van der Waals surface area contributed by atoms with Crippen LogP contribution in [0.25, 0.3) is 11.1 Å². The smallest absolute Gasteiger partial charge is 0.294 e. The average molecular weight is 442 g/mol. The molecule has 0 aliphatic rings. The highest BCUT2D eigenvalue weighted by Crippen LogP contribution is 2.26. The van der Waals surface area contributed by atoms with Crippen molar-refractivity contribution >= 4 is 10.1 Å². The Balaban J connectivity index is 1.69. The van der Waals surface area contributed by atoms with Crippen LogP contribution in [0.1, 0.15) is 25.8 Å². The maximum Gasteiger partial charge on any atom is 0.294 e. The molecule has 164 valence electrons. The molecule has 3 aromatic rings. The number of aliphatic hydroxyl groups excluding tert-OH is 1. The molecule has 3 rings (SSSR count). The number of aromatic nitrogens is 1. The molecule has 7 heteroatoms. The van der Waals surface area contributed by atoms with Gasteiger partial charge in [-0.15, -0.1) is 0 Å². The predicted octanol–water partition coefficient (Wildman–Crippen LogP) is 4.39. The monoisotopic (exact) mass is 441 g/mol. The molecule has 0 saturated carbocycles. The van der Waals surface area contributed by atoms with Crippen LogP contribution in [0.4, 0.5) is 0 Å². The Morgan fingerprint density at radius 3 is 2.35 bits per heavy atom. The minimum atomic E-state index is -4.26. The quantitative estimate of drug-likeness (QED) is 0.478. The number of ether oxygens (including phenoxy) is 1. The molecule has 0 radical (unpaired) electrons. The predicted molar refractivity (Wildman–Crippen MR) is 120 cm³/mol. The van der Waals surface area contributed by atoms with Gasteiger partial charge in [-0.2, -0.15) is 8.42 Å². The summed E-state index contributed by atoms with van der Waals surface area (Å²) in [6.45, 7) is 4.01. The molecule has 2 N–H and O–H groups in total. The SMILES string of the molecule is CC(C)C(Oc1ccc(-c2cccc(S(=O)(=O)O)c2)cc1)C(O)CCc1cccnc1. The number of rotatable bonds is 9. The van der Waals surface area contributed by atoms with Crippen LogP contribution in [0.5, 0.6) is 5.75 Å². The molecule has 2 atom stereocenters. The Hall–Kier alpha value is -2.74. The Morgan fingerprint density at radius 2 is 1.74 bits per heavy atom. The number of aliphatic hydroxyl groups is 1. The fourth-order valence-electron chi connectivity index (χ4n) is 3.40. The molecule has 2 unspecified atom stereocenters. The van der Waals surface area contributed by atoms with Gasteiger partial charge in [-0.05, 0) is 65.8 Å². The zero-order valence-corrected chi connectivity index (χ0v) is 18.4. The van der Waals surface area contributed by atoms with E-state index in [9.17, 15) is 18.1 Å². The topological polar surface area (TPSA) is 96.7 Å². The molecule has 0 fully saturated rings. The Kier molecular flexibility index (Phi) is 7.43. The first kappa shape index (κ1) is 22.9. The largest absolute Gasteiger partial charge is 0.487 e. The first-order valence-corrected chi connectivity index (χ1v) is 11.6. The highest BCUT2D eigenvalue weighted by molar-refractivity contribution is 7.85. The number of benzene rings is 2. The molecule has 0 amide bonds. The maximum absolute atomic E-state index is 11.4. The van der Waals surface area contributed by atoms with Gasteiger partial charge >= 0.3 is 0 Å². The summed E-state index contributed by atoms with van der Waals surface area (Å²) in [4.78, 5) is 3.95. The summed E-state index contributed by atoms with van der Waals surface area (Å²) in [6, 6.07) is 17.2. The van der Waals surface area contributed by atoms with E-state index in [1.165, 1.54) is 12.1 Å². The number of aryl methyl sites for hydroxylation is 1. The van der Waals surface area contributed by atoms with Gasteiger partial charge in [-0.1, -0.05) is 44.2 Å². The number of hydrogen-bond acceptors (Lipinski definition) is 5. The van der Waals surface area contributed by atoms with Crippen LogP contribution in [-0.4, -0.2) is 35.3 Å². The van der Waals surface area contributed by atoms with Crippen LogP contribution in [-0.2, 0) is 16.5 Å². The van der Waals surface area contributed by atoms with Crippen LogP contribution >= 0.6 is 0 Å². The molecule has 0 bridgehead atoms. The van der Waals surface area contributed by atoms with E-state index in [-0.39, 0.29) is 16.9 Å². The lowest BCUT2D eigenvalue weighted by molar-refractivity contribution is 0.00486. The van der Waals surface area contributed by atoms with Crippen LogP contribution in [0.2, 0.25) is 0 Å². The van der Waals surface area contributed by atoms with Gasteiger partial charge in [0.15, 0.2) is 0 Å². The van der Waals surface area contributed by atoms with Gasteiger partial charge in [0.25, 0.3) is 10.1 Å².